The van der Waals surface area contributed by atoms with E-state index in [0.717, 1.165) is 30.5 Å². The van der Waals surface area contributed by atoms with Crippen LogP contribution in [-0.2, 0) is 12.1 Å². The van der Waals surface area contributed by atoms with E-state index in [1.54, 1.807) is 0 Å². The number of aliphatic hydroxyl groups is 2. The molecule has 0 aliphatic heterocycles. The monoisotopic (exact) mass is 431 g/mol. The van der Waals surface area contributed by atoms with Crippen LogP contribution in [0.15, 0.2) is 48.8 Å². The van der Waals surface area contributed by atoms with Crippen LogP contribution in [0, 0.1) is 17.5 Å². The summed E-state index contributed by atoms with van der Waals surface area (Å²) in [4.78, 5) is 12.1. The molecule has 0 saturated heterocycles. The molecular weight excluding hydrogens is 420 g/mol. The summed E-state index contributed by atoms with van der Waals surface area (Å²) in [5.74, 6) is -8.82. The fraction of sp³-hybridized carbons (Fsp3) is 0.111. The molecule has 0 aliphatic rings. The van der Waals surface area contributed by atoms with Gasteiger partial charge in [0, 0.05) is 0 Å². The van der Waals surface area contributed by atoms with Crippen LogP contribution in [0.3, 0.4) is 0 Å². The van der Waals surface area contributed by atoms with E-state index >= 15 is 0 Å². The molecule has 0 unspecified atom stereocenters. The molecule has 1 amide bonds. The maximum Gasteiger partial charge on any atom is 0.417 e. The second-order valence-electron chi connectivity index (χ2n) is 6.02. The molecule has 0 saturated carbocycles. The fourth-order valence-electron chi connectivity index (χ4n) is 2.68. The standard InChI is InChI=1S/C18H11F6N3O3/c19-11-4-2-5-12(20)14(11)16(28)26-9-7-25-27(8-9)18(29,30)15-10(17(22,23)24)3-1-6-13(15)21/h1-8,29-30H,(H,26,28). The summed E-state index contributed by atoms with van der Waals surface area (Å²) < 4.78 is 81.1. The Morgan fingerprint density at radius 1 is 0.967 bits per heavy atom. The normalized spacial score (nSPS) is 12.1. The van der Waals surface area contributed by atoms with Crippen LogP contribution in [0.25, 0.3) is 0 Å². The van der Waals surface area contributed by atoms with Crippen LogP contribution in [0.5, 0.6) is 0 Å². The maximum absolute atomic E-state index is 14.1. The van der Waals surface area contributed by atoms with Gasteiger partial charge in [0.2, 0.25) is 0 Å². The van der Waals surface area contributed by atoms with Gasteiger partial charge in [0.05, 0.1) is 29.2 Å². The first-order valence-corrected chi connectivity index (χ1v) is 8.04. The van der Waals surface area contributed by atoms with E-state index in [1.165, 1.54) is 0 Å². The highest BCUT2D eigenvalue weighted by molar-refractivity contribution is 6.04. The van der Waals surface area contributed by atoms with Crippen LogP contribution in [0.4, 0.5) is 32.0 Å². The lowest BCUT2D eigenvalue weighted by Crippen LogP contribution is -2.38. The van der Waals surface area contributed by atoms with Crippen LogP contribution in [0.2, 0.25) is 0 Å². The van der Waals surface area contributed by atoms with Crippen molar-refractivity contribution < 1.29 is 41.4 Å². The molecule has 158 valence electrons. The van der Waals surface area contributed by atoms with Crippen molar-refractivity contribution in [2.24, 2.45) is 0 Å². The van der Waals surface area contributed by atoms with E-state index in [1.807, 2.05) is 5.32 Å². The van der Waals surface area contributed by atoms with Crippen molar-refractivity contribution in [3.8, 4) is 0 Å². The molecule has 3 aromatic rings. The molecule has 1 heterocycles. The van der Waals surface area contributed by atoms with Crippen molar-refractivity contribution in [2.75, 3.05) is 5.32 Å². The summed E-state index contributed by atoms with van der Waals surface area (Å²) >= 11 is 0. The van der Waals surface area contributed by atoms with Gasteiger partial charge in [-0.15, -0.1) is 0 Å². The number of amides is 1. The maximum atomic E-state index is 14.1. The number of nitrogens with zero attached hydrogens (tertiary/aromatic N) is 2. The highest BCUT2D eigenvalue weighted by Crippen LogP contribution is 2.38. The number of benzene rings is 2. The predicted molar refractivity (Wildman–Crippen MR) is 89.5 cm³/mol. The number of rotatable bonds is 4. The first-order chi connectivity index (χ1) is 13.9. The highest BCUT2D eigenvalue weighted by Gasteiger charge is 2.44. The SMILES string of the molecule is O=C(Nc1cnn(C(O)(O)c2c(F)cccc2C(F)(F)F)c1)c1c(F)cccc1F. The van der Waals surface area contributed by atoms with Gasteiger partial charge in [-0.1, -0.05) is 12.1 Å². The summed E-state index contributed by atoms with van der Waals surface area (Å²) in [6.07, 6.45) is -3.73. The molecule has 2 aromatic carbocycles. The molecule has 0 radical (unpaired) electrons. The van der Waals surface area contributed by atoms with Crippen molar-refractivity contribution in [1.29, 1.82) is 0 Å². The minimum Gasteiger partial charge on any atom is -0.344 e. The average Bonchev–Trinajstić information content (AvgIpc) is 3.09. The van der Waals surface area contributed by atoms with E-state index < -0.39 is 52.1 Å². The van der Waals surface area contributed by atoms with Crippen LogP contribution < -0.4 is 5.32 Å². The molecule has 6 nitrogen and oxygen atoms in total. The van der Waals surface area contributed by atoms with Gasteiger partial charge in [-0.3, -0.25) is 4.79 Å². The second-order valence-corrected chi connectivity index (χ2v) is 6.02. The minimum atomic E-state index is -5.12. The van der Waals surface area contributed by atoms with Gasteiger partial charge in [0.15, 0.2) is 0 Å². The van der Waals surface area contributed by atoms with Gasteiger partial charge in [-0.2, -0.15) is 18.3 Å². The lowest BCUT2D eigenvalue weighted by Gasteiger charge is -2.26. The summed E-state index contributed by atoms with van der Waals surface area (Å²) in [6, 6.07) is 4.43. The molecular formula is C18H11F6N3O3. The van der Waals surface area contributed by atoms with Crippen LogP contribution >= 0.6 is 0 Å². The Bertz CT molecular complexity index is 1090. The smallest absolute Gasteiger partial charge is 0.344 e. The van der Waals surface area contributed by atoms with Gasteiger partial charge in [-0.25, -0.2) is 17.9 Å². The molecule has 30 heavy (non-hydrogen) atoms. The Morgan fingerprint density at radius 3 is 2.13 bits per heavy atom. The summed E-state index contributed by atoms with van der Waals surface area (Å²) in [7, 11) is 0. The molecule has 3 rings (SSSR count). The molecule has 3 N–H and O–H groups in total. The number of aromatic nitrogens is 2. The Balaban J connectivity index is 1.96. The number of carbonyl (C=O) groups excluding carboxylic acids is 1. The topological polar surface area (TPSA) is 87.4 Å². The lowest BCUT2D eigenvalue weighted by molar-refractivity contribution is -0.209. The Morgan fingerprint density at radius 2 is 1.53 bits per heavy atom. The molecule has 12 heteroatoms. The third-order valence-corrected chi connectivity index (χ3v) is 4.00. The summed E-state index contributed by atoms with van der Waals surface area (Å²) in [5.41, 5.74) is -4.50. The van der Waals surface area contributed by atoms with Crippen molar-refractivity contribution in [1.82, 2.24) is 9.78 Å². The Hall–Kier alpha value is -3.38. The lowest BCUT2D eigenvalue weighted by atomic mass is 10.0. The van der Waals surface area contributed by atoms with Gasteiger partial charge < -0.3 is 15.5 Å². The third kappa shape index (κ3) is 3.86. The molecule has 0 atom stereocenters. The van der Waals surface area contributed by atoms with Gasteiger partial charge in [0.1, 0.15) is 23.0 Å². The van der Waals surface area contributed by atoms with Crippen molar-refractivity contribution in [3.05, 3.63) is 82.9 Å². The Labute approximate surface area is 164 Å². The molecule has 0 bridgehead atoms. The zero-order valence-electron chi connectivity index (χ0n) is 14.6. The third-order valence-electron chi connectivity index (χ3n) is 4.00. The van der Waals surface area contributed by atoms with E-state index in [4.69, 9.17) is 0 Å². The summed E-state index contributed by atoms with van der Waals surface area (Å²) in [6.45, 7) is 0. The van der Waals surface area contributed by atoms with E-state index in [-0.39, 0.29) is 10.4 Å². The van der Waals surface area contributed by atoms with Crippen molar-refractivity contribution in [3.63, 3.8) is 0 Å². The van der Waals surface area contributed by atoms with Crippen molar-refractivity contribution in [2.45, 2.75) is 12.1 Å². The van der Waals surface area contributed by atoms with Crippen LogP contribution in [-0.4, -0.2) is 25.9 Å². The molecule has 0 aliphatic carbocycles. The largest absolute Gasteiger partial charge is 0.417 e. The van der Waals surface area contributed by atoms with Gasteiger partial charge in [-0.05, 0) is 24.3 Å². The summed E-state index contributed by atoms with van der Waals surface area (Å²) in [5, 5.41) is 25.8. The second kappa shape index (κ2) is 7.46. The highest BCUT2D eigenvalue weighted by atomic mass is 19.4. The molecule has 0 spiro atoms. The minimum absolute atomic E-state index is 0.133. The van der Waals surface area contributed by atoms with E-state index in [2.05, 4.69) is 5.10 Å². The number of hydrogen-bond donors (Lipinski definition) is 3. The number of halogens is 6. The predicted octanol–water partition coefficient (Wildman–Crippen LogP) is 3.21. The van der Waals surface area contributed by atoms with Gasteiger partial charge in [0.25, 0.3) is 11.8 Å². The zero-order valence-corrected chi connectivity index (χ0v) is 14.6. The molecule has 1 aromatic heterocycles. The first kappa shape index (κ1) is 21.3. The molecule has 0 fully saturated rings. The van der Waals surface area contributed by atoms with Crippen LogP contribution in [0.1, 0.15) is 21.5 Å². The quantitative estimate of drug-likeness (QED) is 0.438. The number of anilines is 1. The van der Waals surface area contributed by atoms with E-state index in [0.29, 0.717) is 18.3 Å². The number of hydrogen-bond acceptors (Lipinski definition) is 4. The number of carbonyl (C=O) groups is 1. The van der Waals surface area contributed by atoms with E-state index in [9.17, 15) is 41.4 Å². The number of alkyl halides is 3. The Kier molecular flexibility index (Phi) is 5.31. The van der Waals surface area contributed by atoms with Crippen molar-refractivity contribution >= 4 is 11.6 Å². The number of nitrogens with one attached hydrogen (secondary N) is 1. The average molecular weight is 431 g/mol. The van der Waals surface area contributed by atoms with Gasteiger partial charge >= 0.3 is 6.18 Å². The first-order valence-electron chi connectivity index (χ1n) is 8.04. The fourth-order valence-corrected chi connectivity index (χ4v) is 2.68. The zero-order chi connectivity index (χ0) is 22.3.